The number of nitrogens with one attached hydrogen (secondary N) is 2. The maximum absolute atomic E-state index is 12.2. The van der Waals surface area contributed by atoms with E-state index in [1.165, 1.54) is 0 Å². The maximum atomic E-state index is 12.2. The highest BCUT2D eigenvalue weighted by Gasteiger charge is 2.08. The number of pyridine rings is 2. The molecular weight excluding hydrogens is 348 g/mol. The number of carbonyl (C=O) groups is 1. The number of aromatic amines is 1. The van der Waals surface area contributed by atoms with Crippen LogP contribution in [0.3, 0.4) is 0 Å². The number of hydrogen-bond donors (Lipinski definition) is 2. The average Bonchev–Trinajstić information content (AvgIpc) is 3.06. The number of benzene rings is 1. The third-order valence-corrected chi connectivity index (χ3v) is 4.32. The molecule has 3 aromatic heterocycles. The number of rotatable bonds is 4. The van der Waals surface area contributed by atoms with Gasteiger partial charge in [-0.25, -0.2) is 9.97 Å². The highest BCUT2D eigenvalue weighted by atomic mass is 35.5. The standard InChI is InChI=1S/C20H15ClN4O/c21-16-4-1-3-14(10-16)20(26)25-18-7-6-13(11-23-18)9-15-12-24-19-17(15)5-2-8-22-19/h1-8,10-12H,9H2,(H,22,24)(H,23,25,26). The maximum Gasteiger partial charge on any atom is 0.256 e. The molecule has 0 saturated heterocycles. The van der Waals surface area contributed by atoms with Gasteiger partial charge in [-0.15, -0.1) is 0 Å². The molecule has 0 atom stereocenters. The Morgan fingerprint density at radius 1 is 1.12 bits per heavy atom. The normalized spacial score (nSPS) is 10.8. The van der Waals surface area contributed by atoms with Crippen LogP contribution in [-0.4, -0.2) is 20.9 Å². The first-order valence-electron chi connectivity index (χ1n) is 8.12. The van der Waals surface area contributed by atoms with Gasteiger partial charge in [-0.05, 0) is 47.5 Å². The summed E-state index contributed by atoms with van der Waals surface area (Å²) in [6.07, 6.45) is 6.23. The lowest BCUT2D eigenvalue weighted by Gasteiger charge is -2.06. The molecule has 0 aliphatic heterocycles. The minimum atomic E-state index is -0.240. The molecule has 0 saturated carbocycles. The molecule has 0 aliphatic carbocycles. The van der Waals surface area contributed by atoms with Gasteiger partial charge in [0.25, 0.3) is 5.91 Å². The van der Waals surface area contributed by atoms with E-state index in [4.69, 9.17) is 11.6 Å². The van der Waals surface area contributed by atoms with Gasteiger partial charge >= 0.3 is 0 Å². The summed E-state index contributed by atoms with van der Waals surface area (Å²) in [7, 11) is 0. The Balaban J connectivity index is 1.47. The summed E-state index contributed by atoms with van der Waals surface area (Å²) in [5.74, 6) is 0.259. The molecule has 26 heavy (non-hydrogen) atoms. The summed E-state index contributed by atoms with van der Waals surface area (Å²) >= 11 is 5.92. The molecule has 4 rings (SSSR count). The Morgan fingerprint density at radius 3 is 2.85 bits per heavy atom. The Labute approximate surface area is 155 Å². The van der Waals surface area contributed by atoms with Gasteiger partial charge in [-0.2, -0.15) is 0 Å². The predicted octanol–water partition coefficient (Wildman–Crippen LogP) is 4.45. The van der Waals surface area contributed by atoms with E-state index in [2.05, 4.69) is 20.3 Å². The monoisotopic (exact) mass is 362 g/mol. The molecular formula is C20H15ClN4O. The van der Waals surface area contributed by atoms with Crippen molar-refractivity contribution in [3.05, 3.63) is 88.8 Å². The summed E-state index contributed by atoms with van der Waals surface area (Å²) in [5, 5.41) is 4.40. The zero-order valence-corrected chi connectivity index (χ0v) is 14.5. The first kappa shape index (κ1) is 16.3. The van der Waals surface area contributed by atoms with Gasteiger partial charge in [-0.3, -0.25) is 4.79 Å². The van der Waals surface area contributed by atoms with Gasteiger partial charge in [0.15, 0.2) is 0 Å². The molecule has 1 amide bonds. The Hall–Kier alpha value is -3.18. The number of halogens is 1. The first-order valence-corrected chi connectivity index (χ1v) is 8.50. The molecule has 6 heteroatoms. The second-order valence-corrected chi connectivity index (χ2v) is 6.34. The van der Waals surface area contributed by atoms with Gasteiger partial charge in [0.2, 0.25) is 0 Å². The molecule has 5 nitrogen and oxygen atoms in total. The van der Waals surface area contributed by atoms with Gasteiger partial charge in [0, 0.05) is 41.0 Å². The molecule has 2 N–H and O–H groups in total. The zero-order chi connectivity index (χ0) is 17.9. The van der Waals surface area contributed by atoms with Gasteiger partial charge in [0.1, 0.15) is 11.5 Å². The number of nitrogens with zero attached hydrogens (tertiary/aromatic N) is 2. The summed E-state index contributed by atoms with van der Waals surface area (Å²) in [5.41, 5.74) is 3.58. The van der Waals surface area contributed by atoms with Crippen molar-refractivity contribution in [2.75, 3.05) is 5.32 Å². The third-order valence-electron chi connectivity index (χ3n) is 4.08. The van der Waals surface area contributed by atoms with Crippen molar-refractivity contribution in [3.63, 3.8) is 0 Å². The molecule has 0 radical (unpaired) electrons. The van der Waals surface area contributed by atoms with Crippen molar-refractivity contribution in [2.45, 2.75) is 6.42 Å². The molecule has 128 valence electrons. The van der Waals surface area contributed by atoms with Crippen LogP contribution in [0, 0.1) is 0 Å². The summed E-state index contributed by atoms with van der Waals surface area (Å²) in [6, 6.07) is 14.5. The lowest BCUT2D eigenvalue weighted by atomic mass is 10.1. The average molecular weight is 363 g/mol. The highest BCUT2D eigenvalue weighted by Crippen LogP contribution is 2.19. The van der Waals surface area contributed by atoms with Crippen LogP contribution >= 0.6 is 11.6 Å². The lowest BCUT2D eigenvalue weighted by molar-refractivity contribution is 0.102. The fourth-order valence-corrected chi connectivity index (χ4v) is 2.99. The fourth-order valence-electron chi connectivity index (χ4n) is 2.80. The van der Waals surface area contributed by atoms with Gasteiger partial charge < -0.3 is 10.3 Å². The van der Waals surface area contributed by atoms with E-state index in [0.29, 0.717) is 16.4 Å². The molecule has 0 aliphatic rings. The van der Waals surface area contributed by atoms with Crippen LogP contribution in [0.15, 0.2) is 67.1 Å². The van der Waals surface area contributed by atoms with E-state index in [-0.39, 0.29) is 5.91 Å². The van der Waals surface area contributed by atoms with E-state index in [9.17, 15) is 4.79 Å². The minimum Gasteiger partial charge on any atom is -0.346 e. The summed E-state index contributed by atoms with van der Waals surface area (Å²) in [6.45, 7) is 0. The van der Waals surface area contributed by atoms with Crippen molar-refractivity contribution < 1.29 is 4.79 Å². The van der Waals surface area contributed by atoms with Crippen LogP contribution in [0.2, 0.25) is 5.02 Å². The van der Waals surface area contributed by atoms with Crippen LogP contribution in [0.5, 0.6) is 0 Å². The van der Waals surface area contributed by atoms with Crippen molar-refractivity contribution in [1.29, 1.82) is 0 Å². The fraction of sp³-hybridized carbons (Fsp3) is 0.0500. The number of carbonyl (C=O) groups excluding carboxylic acids is 1. The second-order valence-electron chi connectivity index (χ2n) is 5.91. The lowest BCUT2D eigenvalue weighted by Crippen LogP contribution is -2.12. The SMILES string of the molecule is O=C(Nc1ccc(Cc2c[nH]c3ncccc23)cn1)c1cccc(Cl)c1. The van der Waals surface area contributed by atoms with Crippen LogP contribution in [0.1, 0.15) is 21.5 Å². The topological polar surface area (TPSA) is 70.7 Å². The van der Waals surface area contributed by atoms with E-state index < -0.39 is 0 Å². The van der Waals surface area contributed by atoms with E-state index in [1.54, 1.807) is 42.7 Å². The van der Waals surface area contributed by atoms with E-state index in [1.807, 2.05) is 24.4 Å². The largest absolute Gasteiger partial charge is 0.346 e. The molecule has 3 heterocycles. The van der Waals surface area contributed by atoms with Crippen molar-refractivity contribution in [3.8, 4) is 0 Å². The Kier molecular flexibility index (Phi) is 4.37. The van der Waals surface area contributed by atoms with E-state index >= 15 is 0 Å². The molecule has 0 bridgehead atoms. The van der Waals surface area contributed by atoms with Crippen LogP contribution in [-0.2, 0) is 6.42 Å². The molecule has 0 fully saturated rings. The van der Waals surface area contributed by atoms with Crippen molar-refractivity contribution in [1.82, 2.24) is 15.0 Å². The van der Waals surface area contributed by atoms with Gasteiger partial charge in [0.05, 0.1) is 0 Å². The smallest absolute Gasteiger partial charge is 0.256 e. The molecule has 1 aromatic carbocycles. The van der Waals surface area contributed by atoms with Crippen LogP contribution < -0.4 is 5.32 Å². The number of fused-ring (bicyclic) bond motifs is 1. The van der Waals surface area contributed by atoms with E-state index in [0.717, 1.165) is 28.6 Å². The van der Waals surface area contributed by atoms with Crippen molar-refractivity contribution in [2.24, 2.45) is 0 Å². The van der Waals surface area contributed by atoms with Crippen LogP contribution in [0.25, 0.3) is 11.0 Å². The van der Waals surface area contributed by atoms with Crippen LogP contribution in [0.4, 0.5) is 5.82 Å². The second kappa shape index (κ2) is 6.98. The number of amides is 1. The first-order chi connectivity index (χ1) is 12.7. The molecule has 0 unspecified atom stereocenters. The number of anilines is 1. The minimum absolute atomic E-state index is 0.240. The number of aromatic nitrogens is 3. The molecule has 4 aromatic rings. The Morgan fingerprint density at radius 2 is 2.04 bits per heavy atom. The zero-order valence-electron chi connectivity index (χ0n) is 13.7. The number of H-pyrrole nitrogens is 1. The summed E-state index contributed by atoms with van der Waals surface area (Å²) in [4.78, 5) is 24.0. The van der Waals surface area contributed by atoms with Crippen molar-refractivity contribution >= 4 is 34.4 Å². The molecule has 0 spiro atoms. The summed E-state index contributed by atoms with van der Waals surface area (Å²) < 4.78 is 0. The quantitative estimate of drug-likeness (QED) is 0.563. The number of hydrogen-bond acceptors (Lipinski definition) is 3. The third kappa shape index (κ3) is 3.43. The predicted molar refractivity (Wildman–Crippen MR) is 103 cm³/mol. The van der Waals surface area contributed by atoms with Gasteiger partial charge in [-0.1, -0.05) is 23.7 Å². The Bertz CT molecular complexity index is 1070. The highest BCUT2D eigenvalue weighted by molar-refractivity contribution is 6.31.